The molecule has 1 unspecified atom stereocenters. The Morgan fingerprint density at radius 2 is 1.92 bits per heavy atom. The Kier molecular flexibility index (Phi) is 6.51. The summed E-state index contributed by atoms with van der Waals surface area (Å²) in [7, 11) is 0. The van der Waals surface area contributed by atoms with Crippen molar-refractivity contribution in [2.75, 3.05) is 0 Å². The zero-order chi connectivity index (χ0) is 16.6. The van der Waals surface area contributed by atoms with Gasteiger partial charge in [0.1, 0.15) is 11.9 Å². The van der Waals surface area contributed by atoms with Crippen molar-refractivity contribution in [2.45, 2.75) is 50.7 Å². The van der Waals surface area contributed by atoms with Gasteiger partial charge < -0.3 is 10.8 Å². The third-order valence-corrected chi connectivity index (χ3v) is 4.83. The van der Waals surface area contributed by atoms with E-state index < -0.39 is 6.10 Å². The highest BCUT2D eigenvalue weighted by Gasteiger charge is 2.27. The Hall–Kier alpha value is -0.850. The number of aromatic nitrogens is 3. The molecule has 24 heavy (non-hydrogen) atoms. The molecule has 3 N–H and O–H groups in total. The summed E-state index contributed by atoms with van der Waals surface area (Å²) in [4.78, 5) is 4.57. The molecule has 1 aromatic carbocycles. The maximum atomic E-state index is 9.85. The molecule has 0 amide bonds. The standard InChI is InChI=1S/C16H20Cl2N4O.ClH/c1-9(23)15-20-16(10-2-5-12(19)6-3-10)22(21-15)14-7-4-11(17)8-13(14)18;/h4,7-10,12,23H,2-3,5-6,19H2,1H3;1H. The van der Waals surface area contributed by atoms with Crippen LogP contribution in [0.5, 0.6) is 0 Å². The van der Waals surface area contributed by atoms with E-state index in [1.165, 1.54) is 0 Å². The highest BCUT2D eigenvalue weighted by molar-refractivity contribution is 6.35. The summed E-state index contributed by atoms with van der Waals surface area (Å²) < 4.78 is 1.74. The Bertz CT molecular complexity index is 697. The SMILES string of the molecule is CC(O)c1nc(C2CCC(N)CC2)n(-c2ccc(Cl)cc2Cl)n1.Cl. The summed E-state index contributed by atoms with van der Waals surface area (Å²) >= 11 is 12.3. The Morgan fingerprint density at radius 3 is 2.50 bits per heavy atom. The molecule has 0 saturated heterocycles. The zero-order valence-corrected chi connectivity index (χ0v) is 15.7. The fourth-order valence-electron chi connectivity index (χ4n) is 2.99. The Labute approximate surface area is 157 Å². The smallest absolute Gasteiger partial charge is 0.179 e. The molecule has 1 heterocycles. The predicted molar refractivity (Wildman–Crippen MR) is 98.4 cm³/mol. The van der Waals surface area contributed by atoms with Gasteiger partial charge in [0.05, 0.1) is 10.7 Å². The lowest BCUT2D eigenvalue weighted by molar-refractivity contribution is 0.189. The average molecular weight is 392 g/mol. The maximum absolute atomic E-state index is 9.85. The van der Waals surface area contributed by atoms with Gasteiger partial charge in [0.2, 0.25) is 0 Å². The van der Waals surface area contributed by atoms with Crippen LogP contribution in [0.2, 0.25) is 10.0 Å². The van der Waals surface area contributed by atoms with Gasteiger partial charge in [-0.15, -0.1) is 17.5 Å². The number of aliphatic hydroxyl groups is 1. The number of nitrogens with zero attached hydrogens (tertiary/aromatic N) is 3. The van der Waals surface area contributed by atoms with E-state index in [9.17, 15) is 5.11 Å². The van der Waals surface area contributed by atoms with E-state index in [2.05, 4.69) is 10.1 Å². The van der Waals surface area contributed by atoms with Gasteiger partial charge in [-0.1, -0.05) is 23.2 Å². The van der Waals surface area contributed by atoms with Gasteiger partial charge in [-0.05, 0) is 50.8 Å². The van der Waals surface area contributed by atoms with E-state index in [4.69, 9.17) is 28.9 Å². The van der Waals surface area contributed by atoms with Crippen molar-refractivity contribution in [3.05, 3.63) is 39.9 Å². The molecule has 1 aromatic heterocycles. The quantitative estimate of drug-likeness (QED) is 0.828. The molecule has 8 heteroatoms. The van der Waals surface area contributed by atoms with Crippen LogP contribution < -0.4 is 5.73 Å². The minimum atomic E-state index is -0.730. The average Bonchev–Trinajstić information content (AvgIpc) is 2.93. The minimum absolute atomic E-state index is 0. The zero-order valence-electron chi connectivity index (χ0n) is 13.3. The lowest BCUT2D eigenvalue weighted by Crippen LogP contribution is -2.26. The first kappa shape index (κ1) is 19.5. The van der Waals surface area contributed by atoms with Crippen LogP contribution in [0.3, 0.4) is 0 Å². The van der Waals surface area contributed by atoms with E-state index in [-0.39, 0.29) is 24.4 Å². The lowest BCUT2D eigenvalue weighted by Gasteiger charge is -2.25. The molecule has 1 aliphatic carbocycles. The van der Waals surface area contributed by atoms with Crippen LogP contribution in [0.1, 0.15) is 56.3 Å². The van der Waals surface area contributed by atoms with Crippen molar-refractivity contribution in [1.82, 2.24) is 14.8 Å². The van der Waals surface area contributed by atoms with E-state index in [1.54, 1.807) is 23.7 Å². The molecule has 1 fully saturated rings. The lowest BCUT2D eigenvalue weighted by atomic mass is 9.86. The van der Waals surface area contributed by atoms with Crippen molar-refractivity contribution in [3.63, 3.8) is 0 Å². The second-order valence-electron chi connectivity index (χ2n) is 6.12. The second-order valence-corrected chi connectivity index (χ2v) is 6.97. The summed E-state index contributed by atoms with van der Waals surface area (Å²) in [6.07, 6.45) is 3.13. The minimum Gasteiger partial charge on any atom is -0.385 e. The number of aliphatic hydroxyl groups excluding tert-OH is 1. The molecule has 0 radical (unpaired) electrons. The number of nitrogens with two attached hydrogens (primary N) is 1. The van der Waals surface area contributed by atoms with Crippen molar-refractivity contribution in [1.29, 1.82) is 0 Å². The van der Waals surface area contributed by atoms with Crippen LogP contribution in [0.25, 0.3) is 5.69 Å². The molecule has 1 saturated carbocycles. The van der Waals surface area contributed by atoms with Gasteiger partial charge in [-0.3, -0.25) is 0 Å². The third kappa shape index (κ3) is 4.03. The number of hydrogen-bond donors (Lipinski definition) is 2. The third-order valence-electron chi connectivity index (χ3n) is 4.30. The second kappa shape index (κ2) is 8.02. The summed E-state index contributed by atoms with van der Waals surface area (Å²) in [5.74, 6) is 1.50. The Balaban J connectivity index is 0.00000208. The summed E-state index contributed by atoms with van der Waals surface area (Å²) in [6, 6.07) is 5.54. The fourth-order valence-corrected chi connectivity index (χ4v) is 3.48. The highest BCUT2D eigenvalue weighted by atomic mass is 35.5. The van der Waals surface area contributed by atoms with Gasteiger partial charge in [0.15, 0.2) is 5.82 Å². The first-order valence-electron chi connectivity index (χ1n) is 7.81. The molecule has 1 aliphatic rings. The van der Waals surface area contributed by atoms with Crippen LogP contribution in [0, 0.1) is 0 Å². The molecule has 0 aliphatic heterocycles. The van der Waals surface area contributed by atoms with Crippen molar-refractivity contribution >= 4 is 35.6 Å². The molecule has 0 spiro atoms. The molecule has 2 aromatic rings. The largest absolute Gasteiger partial charge is 0.385 e. The molecular weight excluding hydrogens is 371 g/mol. The maximum Gasteiger partial charge on any atom is 0.179 e. The van der Waals surface area contributed by atoms with Gasteiger partial charge in [-0.25, -0.2) is 9.67 Å². The molecule has 132 valence electrons. The monoisotopic (exact) mass is 390 g/mol. The normalized spacial score (nSPS) is 22.0. The molecular formula is C16H21Cl3N4O. The molecule has 1 atom stereocenters. The van der Waals surface area contributed by atoms with E-state index in [0.717, 1.165) is 37.2 Å². The number of benzene rings is 1. The topological polar surface area (TPSA) is 77.0 Å². The van der Waals surface area contributed by atoms with Crippen LogP contribution in [0.4, 0.5) is 0 Å². The van der Waals surface area contributed by atoms with Crippen molar-refractivity contribution in [2.24, 2.45) is 5.73 Å². The van der Waals surface area contributed by atoms with Crippen molar-refractivity contribution < 1.29 is 5.11 Å². The predicted octanol–water partition coefficient (Wildman–Crippen LogP) is 4.03. The van der Waals surface area contributed by atoms with Crippen LogP contribution in [0.15, 0.2) is 18.2 Å². The van der Waals surface area contributed by atoms with Gasteiger partial charge in [0.25, 0.3) is 0 Å². The van der Waals surface area contributed by atoms with Crippen LogP contribution in [-0.4, -0.2) is 25.9 Å². The van der Waals surface area contributed by atoms with Crippen molar-refractivity contribution in [3.8, 4) is 5.69 Å². The summed E-state index contributed by atoms with van der Waals surface area (Å²) in [6.45, 7) is 1.66. The van der Waals surface area contributed by atoms with E-state index in [0.29, 0.717) is 15.9 Å². The molecule has 3 rings (SSSR count). The molecule has 0 bridgehead atoms. The first-order chi connectivity index (χ1) is 11.0. The number of rotatable bonds is 3. The van der Waals surface area contributed by atoms with E-state index >= 15 is 0 Å². The highest BCUT2D eigenvalue weighted by Crippen LogP contribution is 2.34. The molecule has 5 nitrogen and oxygen atoms in total. The van der Waals surface area contributed by atoms with Crippen LogP contribution in [-0.2, 0) is 0 Å². The number of halogens is 3. The fraction of sp³-hybridized carbons (Fsp3) is 0.500. The number of hydrogen-bond acceptors (Lipinski definition) is 4. The van der Waals surface area contributed by atoms with Crippen LogP contribution >= 0.6 is 35.6 Å². The summed E-state index contributed by atoms with van der Waals surface area (Å²) in [5.41, 5.74) is 6.72. The summed E-state index contributed by atoms with van der Waals surface area (Å²) in [5, 5.41) is 15.4. The van der Waals surface area contributed by atoms with E-state index in [1.807, 2.05) is 6.07 Å². The van der Waals surface area contributed by atoms with Gasteiger partial charge >= 0.3 is 0 Å². The first-order valence-corrected chi connectivity index (χ1v) is 8.57. The van der Waals surface area contributed by atoms with Gasteiger partial charge in [-0.2, -0.15) is 0 Å². The van der Waals surface area contributed by atoms with Gasteiger partial charge in [0, 0.05) is 17.0 Å². The Morgan fingerprint density at radius 1 is 1.25 bits per heavy atom.